The van der Waals surface area contributed by atoms with E-state index in [0.29, 0.717) is 29.1 Å². The van der Waals surface area contributed by atoms with E-state index in [0.717, 1.165) is 77.0 Å². The third-order valence-corrected chi connectivity index (χ3v) is 10.6. The fourth-order valence-electron chi connectivity index (χ4n) is 8.59. The number of nitrogens with one attached hydrogen (secondary N) is 3. The van der Waals surface area contributed by atoms with E-state index in [1.165, 1.54) is 12.8 Å². The van der Waals surface area contributed by atoms with Gasteiger partial charge in [0.1, 0.15) is 0 Å². The predicted molar refractivity (Wildman–Crippen MR) is 128 cm³/mol. The molecule has 0 amide bonds. The average Bonchev–Trinajstić information content (AvgIpc) is 3.06. The highest BCUT2D eigenvalue weighted by atomic mass is 16.3. The van der Waals surface area contributed by atoms with Crippen molar-refractivity contribution in [1.82, 2.24) is 16.2 Å². The van der Waals surface area contributed by atoms with Gasteiger partial charge in [-0.15, -0.1) is 0 Å². The Bertz CT molecular complexity index is 756. The summed E-state index contributed by atoms with van der Waals surface area (Å²) >= 11 is 0. The topological polar surface area (TPSA) is 88.9 Å². The van der Waals surface area contributed by atoms with Gasteiger partial charge in [-0.2, -0.15) is 0 Å². The van der Waals surface area contributed by atoms with Crippen molar-refractivity contribution in [2.24, 2.45) is 39.5 Å². The maximum absolute atomic E-state index is 12.2. The molecule has 0 aromatic carbocycles. The number of rotatable bonds is 4. The van der Waals surface area contributed by atoms with Gasteiger partial charge < -0.3 is 15.5 Å². The van der Waals surface area contributed by atoms with Crippen LogP contribution in [0.15, 0.2) is 17.1 Å². The van der Waals surface area contributed by atoms with Crippen molar-refractivity contribution >= 4 is 5.96 Å². The fraction of sp³-hybridized carbons (Fsp3) is 0.885. The standard InChI is InChI=1S/C26H44N4O2/c1-24-11-9-20(31)17-19(24)6-7-22-21(24)10-12-25(2)18(8-13-26(22,25)32)5-3-16-29-30-23-27-14-4-15-28-23/h3,5,18-22,29,31-32H,4,6-17H2,1-2H3,(H2,27,28,30)/b5-3+/t18-,19+,20-,21-,22+,24-,25+,26-/m0/s1. The first-order valence-electron chi connectivity index (χ1n) is 13.2. The summed E-state index contributed by atoms with van der Waals surface area (Å²) in [4.78, 5) is 4.42. The number of aliphatic hydroxyl groups excluding tert-OH is 1. The van der Waals surface area contributed by atoms with Crippen molar-refractivity contribution in [3.63, 3.8) is 0 Å². The van der Waals surface area contributed by atoms with Gasteiger partial charge in [-0.3, -0.25) is 10.4 Å². The van der Waals surface area contributed by atoms with E-state index in [4.69, 9.17) is 0 Å². The molecule has 4 aliphatic carbocycles. The van der Waals surface area contributed by atoms with Crippen LogP contribution in [0.25, 0.3) is 0 Å². The van der Waals surface area contributed by atoms with Crippen LogP contribution in [0.3, 0.4) is 0 Å². The van der Waals surface area contributed by atoms with Crippen molar-refractivity contribution in [3.8, 4) is 0 Å². The van der Waals surface area contributed by atoms with Gasteiger partial charge in [0.2, 0.25) is 5.96 Å². The highest BCUT2D eigenvalue weighted by molar-refractivity contribution is 5.79. The molecule has 5 rings (SSSR count). The molecule has 0 aromatic heterocycles. The lowest BCUT2D eigenvalue weighted by Gasteiger charge is -2.63. The minimum absolute atomic E-state index is 0.0233. The summed E-state index contributed by atoms with van der Waals surface area (Å²) in [5, 5.41) is 25.7. The van der Waals surface area contributed by atoms with Crippen molar-refractivity contribution in [1.29, 1.82) is 0 Å². The maximum atomic E-state index is 12.2. The SMILES string of the molecule is C[C@]12CC[C@H](O)C[C@H]1CC[C@@H]1[C@@H]2CC[C@]2(C)[C@@H](/C=C/CNNC3=NCCCN3)CC[C@]12O. The van der Waals surface area contributed by atoms with Crippen LogP contribution < -0.4 is 16.2 Å². The van der Waals surface area contributed by atoms with Gasteiger partial charge in [0, 0.05) is 25.0 Å². The van der Waals surface area contributed by atoms with E-state index in [-0.39, 0.29) is 11.5 Å². The van der Waals surface area contributed by atoms with Gasteiger partial charge in [0.15, 0.2) is 0 Å². The molecule has 6 nitrogen and oxygen atoms in total. The molecule has 0 saturated heterocycles. The minimum Gasteiger partial charge on any atom is -0.393 e. The Kier molecular flexibility index (Phi) is 6.09. The number of hydrogen-bond donors (Lipinski definition) is 5. The molecular formula is C26H44N4O2. The second-order valence-corrected chi connectivity index (χ2v) is 11.9. The van der Waals surface area contributed by atoms with Crippen LogP contribution in [-0.2, 0) is 0 Å². The lowest BCUT2D eigenvalue weighted by Crippen LogP contribution is -2.62. The molecule has 0 aromatic rings. The van der Waals surface area contributed by atoms with Crippen LogP contribution >= 0.6 is 0 Å². The Hall–Kier alpha value is -1.11. The zero-order chi connectivity index (χ0) is 22.4. The first kappa shape index (κ1) is 22.7. The summed E-state index contributed by atoms with van der Waals surface area (Å²) < 4.78 is 0. The lowest BCUT2D eigenvalue weighted by molar-refractivity contribution is -0.207. The number of hydrazine groups is 1. The van der Waals surface area contributed by atoms with E-state index in [1.807, 2.05) is 0 Å². The van der Waals surface area contributed by atoms with Crippen molar-refractivity contribution in [3.05, 3.63) is 12.2 Å². The van der Waals surface area contributed by atoms with Crippen molar-refractivity contribution in [2.75, 3.05) is 19.6 Å². The van der Waals surface area contributed by atoms with Gasteiger partial charge in [-0.25, -0.2) is 5.43 Å². The number of allylic oxidation sites excluding steroid dienone is 1. The predicted octanol–water partition coefficient (Wildman–Crippen LogP) is 3.12. The van der Waals surface area contributed by atoms with Crippen LogP contribution in [-0.4, -0.2) is 47.5 Å². The lowest BCUT2D eigenvalue weighted by atomic mass is 9.43. The molecule has 5 N–H and O–H groups in total. The van der Waals surface area contributed by atoms with E-state index in [2.05, 4.69) is 47.2 Å². The third-order valence-electron chi connectivity index (χ3n) is 10.6. The molecular weight excluding hydrogens is 400 g/mol. The van der Waals surface area contributed by atoms with Gasteiger partial charge in [-0.1, -0.05) is 26.0 Å². The number of guanidine groups is 1. The molecule has 0 bridgehead atoms. The van der Waals surface area contributed by atoms with Gasteiger partial charge in [0.05, 0.1) is 11.7 Å². The molecule has 4 fully saturated rings. The molecule has 6 heteroatoms. The van der Waals surface area contributed by atoms with Crippen LogP contribution in [0.1, 0.15) is 78.1 Å². The molecule has 8 atom stereocenters. The molecule has 1 aliphatic heterocycles. The fourth-order valence-corrected chi connectivity index (χ4v) is 8.59. The van der Waals surface area contributed by atoms with Crippen LogP contribution in [0, 0.1) is 34.5 Å². The van der Waals surface area contributed by atoms with Crippen LogP contribution in [0.5, 0.6) is 0 Å². The molecule has 32 heavy (non-hydrogen) atoms. The molecule has 0 radical (unpaired) electrons. The summed E-state index contributed by atoms with van der Waals surface area (Å²) in [7, 11) is 0. The zero-order valence-electron chi connectivity index (χ0n) is 20.1. The summed E-state index contributed by atoms with van der Waals surface area (Å²) in [6, 6.07) is 0. The monoisotopic (exact) mass is 444 g/mol. The van der Waals surface area contributed by atoms with Crippen LogP contribution in [0.2, 0.25) is 0 Å². The smallest absolute Gasteiger partial charge is 0.205 e. The average molecular weight is 445 g/mol. The molecule has 4 saturated carbocycles. The normalized spacial score (nSPS) is 48.4. The van der Waals surface area contributed by atoms with E-state index < -0.39 is 5.60 Å². The molecule has 1 heterocycles. The number of aliphatic hydroxyl groups is 2. The number of aliphatic imine (C=N–C) groups is 1. The summed E-state index contributed by atoms with van der Waals surface area (Å²) in [5.41, 5.74) is 6.15. The molecule has 180 valence electrons. The van der Waals surface area contributed by atoms with Crippen LogP contribution in [0.4, 0.5) is 0 Å². The van der Waals surface area contributed by atoms with Gasteiger partial charge in [-0.05, 0) is 93.3 Å². The Balaban J connectivity index is 1.24. The molecule has 0 unspecified atom stereocenters. The number of fused-ring (bicyclic) bond motifs is 5. The summed E-state index contributed by atoms with van der Waals surface area (Å²) in [6.07, 6.45) is 15.4. The Morgan fingerprint density at radius 1 is 1.09 bits per heavy atom. The maximum Gasteiger partial charge on any atom is 0.205 e. The van der Waals surface area contributed by atoms with Crippen molar-refractivity contribution in [2.45, 2.75) is 89.8 Å². The quantitative estimate of drug-likeness (QED) is 0.261. The van der Waals surface area contributed by atoms with E-state index in [1.54, 1.807) is 0 Å². The molecule has 5 aliphatic rings. The Labute approximate surface area is 193 Å². The first-order chi connectivity index (χ1) is 15.4. The van der Waals surface area contributed by atoms with Crippen molar-refractivity contribution < 1.29 is 10.2 Å². The summed E-state index contributed by atoms with van der Waals surface area (Å²) in [6.45, 7) is 7.47. The minimum atomic E-state index is -0.540. The first-order valence-corrected chi connectivity index (χ1v) is 13.2. The second kappa shape index (κ2) is 8.59. The molecule has 0 spiro atoms. The number of nitrogens with zero attached hydrogens (tertiary/aromatic N) is 1. The third kappa shape index (κ3) is 3.61. The largest absolute Gasteiger partial charge is 0.393 e. The highest BCUT2D eigenvalue weighted by Crippen LogP contribution is 2.69. The number of hydrogen-bond acceptors (Lipinski definition) is 6. The van der Waals surface area contributed by atoms with E-state index >= 15 is 0 Å². The zero-order valence-corrected chi connectivity index (χ0v) is 20.1. The Morgan fingerprint density at radius 3 is 2.78 bits per heavy atom. The second-order valence-electron chi connectivity index (χ2n) is 11.9. The van der Waals surface area contributed by atoms with Gasteiger partial charge >= 0.3 is 0 Å². The Morgan fingerprint density at radius 2 is 1.97 bits per heavy atom. The van der Waals surface area contributed by atoms with Gasteiger partial charge in [0.25, 0.3) is 0 Å². The van der Waals surface area contributed by atoms with E-state index in [9.17, 15) is 10.2 Å². The highest BCUT2D eigenvalue weighted by Gasteiger charge is 2.66. The summed E-state index contributed by atoms with van der Waals surface area (Å²) in [5.74, 6) is 2.96.